The fourth-order valence-corrected chi connectivity index (χ4v) is 3.52. The molecule has 2 atom stereocenters. The molecule has 0 unspecified atom stereocenters. The predicted molar refractivity (Wildman–Crippen MR) is 92.4 cm³/mol. The highest BCUT2D eigenvalue weighted by Gasteiger charge is 2.36. The molecule has 0 radical (unpaired) electrons. The van der Waals surface area contributed by atoms with Gasteiger partial charge in [-0.05, 0) is 12.5 Å². The minimum absolute atomic E-state index is 0.0695. The van der Waals surface area contributed by atoms with Gasteiger partial charge in [-0.1, -0.05) is 30.3 Å². The van der Waals surface area contributed by atoms with Crippen LogP contribution in [0, 0.1) is 6.92 Å². The Morgan fingerprint density at radius 1 is 1.32 bits per heavy atom. The molecule has 1 saturated heterocycles. The van der Waals surface area contributed by atoms with Crippen LogP contribution in [0.5, 0.6) is 0 Å². The van der Waals surface area contributed by atoms with Crippen molar-refractivity contribution in [2.45, 2.75) is 18.9 Å². The van der Waals surface area contributed by atoms with E-state index in [4.69, 9.17) is 10.2 Å². The summed E-state index contributed by atoms with van der Waals surface area (Å²) in [6.07, 6.45) is 1.26. The summed E-state index contributed by atoms with van der Waals surface area (Å²) in [6, 6.07) is 9.77. The molecule has 1 aromatic carbocycles. The van der Waals surface area contributed by atoms with Crippen LogP contribution in [-0.2, 0) is 0 Å². The number of carbonyl (C=O) groups is 1. The van der Waals surface area contributed by atoms with Gasteiger partial charge in [-0.25, -0.2) is 4.98 Å². The molecular weight excluding hydrogens is 320 g/mol. The topological polar surface area (TPSA) is 105 Å². The van der Waals surface area contributed by atoms with Gasteiger partial charge in [0.25, 0.3) is 11.5 Å². The third kappa shape index (κ3) is 2.53. The number of H-pyrrole nitrogens is 1. The van der Waals surface area contributed by atoms with Crippen LogP contribution in [0.15, 0.2) is 45.9 Å². The third-order valence-electron chi connectivity index (χ3n) is 4.76. The van der Waals surface area contributed by atoms with Crippen molar-refractivity contribution in [2.24, 2.45) is 5.73 Å². The van der Waals surface area contributed by atoms with Gasteiger partial charge in [0.15, 0.2) is 0 Å². The second kappa shape index (κ2) is 5.86. The molecule has 1 fully saturated rings. The number of aromatic amines is 1. The molecule has 1 aliphatic heterocycles. The average molecular weight is 338 g/mol. The van der Waals surface area contributed by atoms with Crippen LogP contribution in [-0.4, -0.2) is 39.9 Å². The molecule has 128 valence electrons. The van der Waals surface area contributed by atoms with E-state index in [2.05, 4.69) is 9.97 Å². The Hall–Kier alpha value is -2.93. The van der Waals surface area contributed by atoms with E-state index in [1.165, 1.54) is 6.33 Å². The number of hydrogen-bond acceptors (Lipinski definition) is 5. The van der Waals surface area contributed by atoms with Gasteiger partial charge in [-0.2, -0.15) is 0 Å². The van der Waals surface area contributed by atoms with Crippen molar-refractivity contribution >= 4 is 17.0 Å². The highest BCUT2D eigenvalue weighted by atomic mass is 16.3. The zero-order valence-corrected chi connectivity index (χ0v) is 13.7. The van der Waals surface area contributed by atoms with Gasteiger partial charge in [-0.15, -0.1) is 0 Å². The Bertz CT molecular complexity index is 992. The van der Waals surface area contributed by atoms with E-state index in [0.29, 0.717) is 18.8 Å². The molecule has 0 saturated carbocycles. The van der Waals surface area contributed by atoms with Crippen molar-refractivity contribution in [1.29, 1.82) is 0 Å². The van der Waals surface area contributed by atoms with Gasteiger partial charge in [0.05, 0.1) is 11.9 Å². The summed E-state index contributed by atoms with van der Waals surface area (Å²) in [4.78, 5) is 33.4. The monoisotopic (exact) mass is 338 g/mol. The Morgan fingerprint density at radius 3 is 2.84 bits per heavy atom. The van der Waals surface area contributed by atoms with E-state index in [0.717, 1.165) is 5.56 Å². The zero-order valence-electron chi connectivity index (χ0n) is 13.7. The molecule has 0 spiro atoms. The summed E-state index contributed by atoms with van der Waals surface area (Å²) >= 11 is 0. The maximum Gasteiger partial charge on any atom is 0.262 e. The lowest BCUT2D eigenvalue weighted by molar-refractivity contribution is 0.0789. The molecule has 7 heteroatoms. The van der Waals surface area contributed by atoms with Gasteiger partial charge in [0, 0.05) is 25.0 Å². The summed E-state index contributed by atoms with van der Waals surface area (Å²) < 4.78 is 5.49. The van der Waals surface area contributed by atoms with E-state index in [1.54, 1.807) is 11.8 Å². The zero-order chi connectivity index (χ0) is 17.6. The number of nitrogens with zero attached hydrogens (tertiary/aromatic N) is 2. The first-order chi connectivity index (χ1) is 12.1. The smallest absolute Gasteiger partial charge is 0.262 e. The Kier molecular flexibility index (Phi) is 3.65. The number of hydrogen-bond donors (Lipinski definition) is 2. The van der Waals surface area contributed by atoms with Gasteiger partial charge >= 0.3 is 0 Å². The minimum atomic E-state index is -0.381. The number of likely N-dealkylation sites (tertiary alicyclic amines) is 1. The lowest BCUT2D eigenvalue weighted by atomic mass is 9.95. The standard InChI is InChI=1S/C18H18N4O3/c1-10-14(15-16(23)20-9-21-17(15)25-10)18(24)22-7-12(13(19)8-22)11-5-3-2-4-6-11/h2-6,9,12-13H,7-8,19H2,1H3,(H,20,21,23)/t12-,13+/m0/s1. The van der Waals surface area contributed by atoms with Crippen LogP contribution in [0.2, 0.25) is 0 Å². The first-order valence-electron chi connectivity index (χ1n) is 8.13. The van der Waals surface area contributed by atoms with Crippen LogP contribution in [0.3, 0.4) is 0 Å². The van der Waals surface area contributed by atoms with Crippen molar-refractivity contribution in [1.82, 2.24) is 14.9 Å². The number of aryl methyl sites for hydroxylation is 1. The molecular formula is C18H18N4O3. The normalized spacial score (nSPS) is 20.3. The van der Waals surface area contributed by atoms with Crippen LogP contribution in [0.1, 0.15) is 27.6 Å². The molecule has 4 rings (SSSR count). The summed E-state index contributed by atoms with van der Waals surface area (Å²) in [5.41, 5.74) is 7.45. The van der Waals surface area contributed by atoms with E-state index in [-0.39, 0.29) is 40.1 Å². The van der Waals surface area contributed by atoms with Crippen molar-refractivity contribution in [3.8, 4) is 0 Å². The number of furan rings is 1. The number of benzene rings is 1. The van der Waals surface area contributed by atoms with E-state index < -0.39 is 0 Å². The number of carbonyl (C=O) groups excluding carboxylic acids is 1. The number of aromatic nitrogens is 2. The molecule has 0 bridgehead atoms. The summed E-state index contributed by atoms with van der Waals surface area (Å²) in [6.45, 7) is 2.61. The van der Waals surface area contributed by atoms with Gasteiger partial charge in [0.2, 0.25) is 5.71 Å². The molecule has 3 aromatic rings. The molecule has 25 heavy (non-hydrogen) atoms. The third-order valence-corrected chi connectivity index (χ3v) is 4.76. The highest BCUT2D eigenvalue weighted by molar-refractivity contribution is 6.06. The van der Waals surface area contributed by atoms with Gasteiger partial charge < -0.3 is 20.0 Å². The number of fused-ring (bicyclic) bond motifs is 1. The lowest BCUT2D eigenvalue weighted by Gasteiger charge is -2.16. The predicted octanol–water partition coefficient (Wildman–Crippen LogP) is 1.39. The average Bonchev–Trinajstić information content (AvgIpc) is 3.15. The molecule has 3 N–H and O–H groups in total. The lowest BCUT2D eigenvalue weighted by Crippen LogP contribution is -2.32. The van der Waals surface area contributed by atoms with Crippen LogP contribution in [0.4, 0.5) is 0 Å². The fraction of sp³-hybridized carbons (Fsp3) is 0.278. The molecule has 1 amide bonds. The first-order valence-corrected chi connectivity index (χ1v) is 8.13. The van der Waals surface area contributed by atoms with E-state index in [1.807, 2.05) is 30.3 Å². The molecule has 3 heterocycles. The van der Waals surface area contributed by atoms with Gasteiger partial charge in [-0.3, -0.25) is 9.59 Å². The molecule has 0 aliphatic carbocycles. The van der Waals surface area contributed by atoms with Crippen LogP contribution >= 0.6 is 0 Å². The second-order valence-electron chi connectivity index (χ2n) is 6.34. The van der Waals surface area contributed by atoms with Crippen molar-refractivity contribution < 1.29 is 9.21 Å². The van der Waals surface area contributed by atoms with Crippen LogP contribution in [0.25, 0.3) is 11.1 Å². The number of amides is 1. The maximum absolute atomic E-state index is 13.0. The van der Waals surface area contributed by atoms with Crippen molar-refractivity contribution in [3.05, 3.63) is 63.9 Å². The summed E-state index contributed by atoms with van der Waals surface area (Å²) in [7, 11) is 0. The Morgan fingerprint density at radius 2 is 2.08 bits per heavy atom. The number of nitrogens with one attached hydrogen (secondary N) is 1. The van der Waals surface area contributed by atoms with Gasteiger partial charge in [0.1, 0.15) is 11.1 Å². The Balaban J connectivity index is 1.69. The Labute approximate surface area is 143 Å². The number of nitrogens with two attached hydrogens (primary N) is 1. The van der Waals surface area contributed by atoms with E-state index >= 15 is 0 Å². The molecule has 1 aliphatic rings. The SMILES string of the molecule is Cc1oc2nc[nH]c(=O)c2c1C(=O)N1C[C@@H](N)[C@H](c2ccccc2)C1. The summed E-state index contributed by atoms with van der Waals surface area (Å²) in [5, 5.41) is 0.196. The molecule has 2 aromatic heterocycles. The maximum atomic E-state index is 13.0. The number of rotatable bonds is 2. The quantitative estimate of drug-likeness (QED) is 0.734. The fourth-order valence-electron chi connectivity index (χ4n) is 3.52. The minimum Gasteiger partial charge on any atom is -0.442 e. The largest absolute Gasteiger partial charge is 0.442 e. The van der Waals surface area contributed by atoms with E-state index in [9.17, 15) is 9.59 Å². The van der Waals surface area contributed by atoms with Crippen molar-refractivity contribution in [3.63, 3.8) is 0 Å². The second-order valence-corrected chi connectivity index (χ2v) is 6.34. The van der Waals surface area contributed by atoms with Crippen molar-refractivity contribution in [2.75, 3.05) is 13.1 Å². The first kappa shape index (κ1) is 15.6. The molecule has 7 nitrogen and oxygen atoms in total. The van der Waals surface area contributed by atoms with Crippen LogP contribution < -0.4 is 11.3 Å². The highest BCUT2D eigenvalue weighted by Crippen LogP contribution is 2.29. The summed E-state index contributed by atoms with van der Waals surface area (Å²) in [5.74, 6) is 0.213.